The second-order valence-corrected chi connectivity index (χ2v) is 4.89. The number of hydrogen-bond donors (Lipinski definition) is 1. The first-order valence-electron chi connectivity index (χ1n) is 6.74. The van der Waals surface area contributed by atoms with Crippen molar-refractivity contribution >= 4 is 18.1 Å². The molecule has 0 aliphatic carbocycles. The molecule has 110 valence electrons. The van der Waals surface area contributed by atoms with Gasteiger partial charge >= 0.3 is 5.97 Å². The molecule has 0 fully saturated rings. The van der Waals surface area contributed by atoms with Crippen LogP contribution in [0.2, 0.25) is 0 Å². The number of rotatable bonds is 5. The Balaban J connectivity index is 2.33. The lowest BCUT2D eigenvalue weighted by molar-refractivity contribution is 0.0694. The maximum atomic E-state index is 11.1. The lowest BCUT2D eigenvalue weighted by Crippen LogP contribution is -2.08. The van der Waals surface area contributed by atoms with Gasteiger partial charge in [0.25, 0.3) is 0 Å². The minimum Gasteiger partial charge on any atom is -0.478 e. The Morgan fingerprint density at radius 3 is 2.81 bits per heavy atom. The van der Waals surface area contributed by atoms with Crippen molar-refractivity contribution in [2.24, 2.45) is 0 Å². The average Bonchev–Trinajstić information content (AvgIpc) is 2.92. The number of aryl methyl sites for hydroxylation is 1. The van der Waals surface area contributed by atoms with Crippen molar-refractivity contribution in [3.63, 3.8) is 0 Å². The molecule has 1 N–H and O–H groups in total. The standard InChI is InChI=1S/C15H17N3O3/c1-4-12-10(8-21-18-12)5-6-13-16-7-11(15(19)20)14(17-13)9(2)3/h5-9H,4H2,1-3H3,(H,19,20)/b6-5+. The van der Waals surface area contributed by atoms with E-state index in [4.69, 9.17) is 9.63 Å². The minimum absolute atomic E-state index is 0.00745. The maximum absolute atomic E-state index is 11.1. The number of carbonyl (C=O) groups is 1. The van der Waals surface area contributed by atoms with Crippen LogP contribution < -0.4 is 0 Å². The molecule has 2 aromatic heterocycles. The van der Waals surface area contributed by atoms with E-state index in [0.717, 1.165) is 17.7 Å². The number of aromatic nitrogens is 3. The Morgan fingerprint density at radius 1 is 1.43 bits per heavy atom. The normalized spacial score (nSPS) is 11.4. The van der Waals surface area contributed by atoms with Gasteiger partial charge in [-0.05, 0) is 24.5 Å². The summed E-state index contributed by atoms with van der Waals surface area (Å²) in [6, 6.07) is 0. The SMILES string of the molecule is CCc1nocc1/C=C/c1ncc(C(=O)O)c(C(C)C)n1. The highest BCUT2D eigenvalue weighted by Gasteiger charge is 2.15. The molecule has 0 unspecified atom stereocenters. The Kier molecular flexibility index (Phi) is 4.47. The van der Waals surface area contributed by atoms with E-state index in [9.17, 15) is 4.79 Å². The fourth-order valence-corrected chi connectivity index (χ4v) is 1.93. The zero-order valence-corrected chi connectivity index (χ0v) is 12.2. The average molecular weight is 287 g/mol. The van der Waals surface area contributed by atoms with E-state index in [1.54, 1.807) is 12.3 Å². The Morgan fingerprint density at radius 2 is 2.19 bits per heavy atom. The van der Waals surface area contributed by atoms with Gasteiger partial charge in [0.15, 0.2) is 5.82 Å². The van der Waals surface area contributed by atoms with Crippen LogP contribution in [0.15, 0.2) is 17.0 Å². The zero-order valence-electron chi connectivity index (χ0n) is 12.2. The van der Waals surface area contributed by atoms with Gasteiger partial charge in [0.05, 0.1) is 17.0 Å². The fraction of sp³-hybridized carbons (Fsp3) is 0.333. The Hall–Kier alpha value is -2.50. The summed E-state index contributed by atoms with van der Waals surface area (Å²) in [5.74, 6) is -0.540. The molecule has 21 heavy (non-hydrogen) atoms. The monoisotopic (exact) mass is 287 g/mol. The smallest absolute Gasteiger partial charge is 0.339 e. The molecule has 0 aliphatic heterocycles. The molecule has 0 saturated heterocycles. The van der Waals surface area contributed by atoms with Crippen molar-refractivity contribution in [3.05, 3.63) is 40.8 Å². The van der Waals surface area contributed by atoms with E-state index in [-0.39, 0.29) is 11.5 Å². The van der Waals surface area contributed by atoms with Crippen LogP contribution in [0.5, 0.6) is 0 Å². The quantitative estimate of drug-likeness (QED) is 0.909. The molecule has 2 heterocycles. The summed E-state index contributed by atoms with van der Waals surface area (Å²) in [6.07, 6.45) is 7.22. The molecule has 6 nitrogen and oxygen atoms in total. The first-order chi connectivity index (χ1) is 10.0. The van der Waals surface area contributed by atoms with Crippen molar-refractivity contribution in [2.45, 2.75) is 33.1 Å². The van der Waals surface area contributed by atoms with Crippen LogP contribution in [0.3, 0.4) is 0 Å². The molecule has 6 heteroatoms. The third kappa shape index (κ3) is 3.34. The van der Waals surface area contributed by atoms with Crippen LogP contribution >= 0.6 is 0 Å². The predicted octanol–water partition coefficient (Wildman–Crippen LogP) is 3.02. The summed E-state index contributed by atoms with van der Waals surface area (Å²) in [4.78, 5) is 19.5. The molecule has 0 bridgehead atoms. The van der Waals surface area contributed by atoms with Crippen LogP contribution in [-0.4, -0.2) is 26.2 Å². The number of hydrogen-bond acceptors (Lipinski definition) is 5. The summed E-state index contributed by atoms with van der Waals surface area (Å²) in [6.45, 7) is 5.79. The number of carboxylic acids is 1. The molecule has 0 saturated carbocycles. The van der Waals surface area contributed by atoms with E-state index in [0.29, 0.717) is 11.5 Å². The van der Waals surface area contributed by atoms with Crippen molar-refractivity contribution in [3.8, 4) is 0 Å². The molecule has 0 radical (unpaired) electrons. The molecule has 0 aliphatic rings. The van der Waals surface area contributed by atoms with E-state index in [1.807, 2.05) is 26.8 Å². The van der Waals surface area contributed by atoms with Crippen LogP contribution in [0, 0.1) is 0 Å². The van der Waals surface area contributed by atoms with Gasteiger partial charge in [-0.15, -0.1) is 0 Å². The zero-order chi connectivity index (χ0) is 15.4. The second-order valence-electron chi connectivity index (χ2n) is 4.89. The molecule has 0 spiro atoms. The largest absolute Gasteiger partial charge is 0.478 e. The van der Waals surface area contributed by atoms with Crippen molar-refractivity contribution in [1.29, 1.82) is 0 Å². The highest BCUT2D eigenvalue weighted by Crippen LogP contribution is 2.18. The Labute approximate surface area is 122 Å². The first-order valence-corrected chi connectivity index (χ1v) is 6.74. The van der Waals surface area contributed by atoms with Gasteiger partial charge in [0.1, 0.15) is 6.26 Å². The van der Waals surface area contributed by atoms with Gasteiger partial charge in [-0.25, -0.2) is 14.8 Å². The lowest BCUT2D eigenvalue weighted by atomic mass is 10.1. The van der Waals surface area contributed by atoms with Crippen molar-refractivity contribution < 1.29 is 14.4 Å². The number of carboxylic acid groups (broad SMARTS) is 1. The topological polar surface area (TPSA) is 89.1 Å². The molecule has 0 atom stereocenters. The summed E-state index contributed by atoms with van der Waals surface area (Å²) in [7, 11) is 0. The van der Waals surface area contributed by atoms with Gasteiger partial charge < -0.3 is 9.63 Å². The summed E-state index contributed by atoms with van der Waals surface area (Å²) in [5, 5.41) is 13.0. The molecular formula is C15H17N3O3. The maximum Gasteiger partial charge on any atom is 0.339 e. The summed E-state index contributed by atoms with van der Waals surface area (Å²) >= 11 is 0. The molecule has 2 aromatic rings. The molecule has 0 amide bonds. The third-order valence-corrected chi connectivity index (χ3v) is 3.04. The fourth-order valence-electron chi connectivity index (χ4n) is 1.93. The summed E-state index contributed by atoms with van der Waals surface area (Å²) in [5.41, 5.74) is 2.39. The molecule has 2 rings (SSSR count). The van der Waals surface area contributed by atoms with E-state index >= 15 is 0 Å². The first kappa shape index (κ1) is 14.9. The lowest BCUT2D eigenvalue weighted by Gasteiger charge is -2.08. The van der Waals surface area contributed by atoms with E-state index in [1.165, 1.54) is 6.20 Å². The van der Waals surface area contributed by atoms with Gasteiger partial charge in [0, 0.05) is 11.8 Å². The minimum atomic E-state index is -1.01. The number of aromatic carboxylic acids is 1. The number of nitrogens with zero attached hydrogens (tertiary/aromatic N) is 3. The highest BCUT2D eigenvalue weighted by molar-refractivity contribution is 5.88. The second kappa shape index (κ2) is 6.30. The predicted molar refractivity (Wildman–Crippen MR) is 77.9 cm³/mol. The van der Waals surface area contributed by atoms with Gasteiger partial charge in [-0.2, -0.15) is 0 Å². The van der Waals surface area contributed by atoms with E-state index in [2.05, 4.69) is 15.1 Å². The third-order valence-electron chi connectivity index (χ3n) is 3.04. The highest BCUT2D eigenvalue weighted by atomic mass is 16.5. The van der Waals surface area contributed by atoms with Crippen LogP contribution in [0.1, 0.15) is 59.8 Å². The molecule has 0 aromatic carbocycles. The van der Waals surface area contributed by atoms with Gasteiger partial charge in [-0.3, -0.25) is 0 Å². The van der Waals surface area contributed by atoms with Crippen LogP contribution in [-0.2, 0) is 6.42 Å². The van der Waals surface area contributed by atoms with Gasteiger partial charge in [-0.1, -0.05) is 25.9 Å². The summed E-state index contributed by atoms with van der Waals surface area (Å²) < 4.78 is 4.92. The van der Waals surface area contributed by atoms with Crippen molar-refractivity contribution in [2.75, 3.05) is 0 Å². The Bertz CT molecular complexity index is 675. The van der Waals surface area contributed by atoms with Crippen LogP contribution in [0.4, 0.5) is 0 Å². The van der Waals surface area contributed by atoms with Crippen LogP contribution in [0.25, 0.3) is 12.2 Å². The van der Waals surface area contributed by atoms with Crippen molar-refractivity contribution in [1.82, 2.24) is 15.1 Å². The molecular weight excluding hydrogens is 270 g/mol. The van der Waals surface area contributed by atoms with Gasteiger partial charge in [0.2, 0.25) is 0 Å². The van der Waals surface area contributed by atoms with E-state index < -0.39 is 5.97 Å².